The van der Waals surface area contributed by atoms with Crippen LogP contribution in [0.5, 0.6) is 0 Å². The minimum absolute atomic E-state index is 0.111. The molecular formula is C22H42O4. The monoisotopic (exact) mass is 370 g/mol. The van der Waals surface area contributed by atoms with Crippen LogP contribution in [0.3, 0.4) is 0 Å². The maximum absolute atomic E-state index is 11.4. The van der Waals surface area contributed by atoms with E-state index in [1.54, 1.807) is 0 Å². The summed E-state index contributed by atoms with van der Waals surface area (Å²) in [5, 5.41) is 17.7. The molecule has 2 N–H and O–H groups in total. The zero-order valence-corrected chi connectivity index (χ0v) is 17.2. The summed E-state index contributed by atoms with van der Waals surface area (Å²) < 4.78 is 4.87. The Bertz CT molecular complexity index is 352. The van der Waals surface area contributed by atoms with Crippen molar-refractivity contribution in [2.24, 2.45) is 0 Å². The van der Waals surface area contributed by atoms with E-state index in [4.69, 9.17) is 14.9 Å². The molecule has 0 aliphatic carbocycles. The Morgan fingerprint density at radius 2 is 1.50 bits per heavy atom. The maximum Gasteiger partial charge on any atom is 0.305 e. The van der Waals surface area contributed by atoms with Crippen molar-refractivity contribution >= 4 is 5.97 Å². The van der Waals surface area contributed by atoms with Gasteiger partial charge in [-0.3, -0.25) is 4.79 Å². The van der Waals surface area contributed by atoms with Crippen LogP contribution in [0.15, 0.2) is 11.6 Å². The van der Waals surface area contributed by atoms with E-state index in [9.17, 15) is 4.79 Å². The first-order valence-corrected chi connectivity index (χ1v) is 10.7. The van der Waals surface area contributed by atoms with Crippen LogP contribution < -0.4 is 0 Å². The number of hydrogen-bond donors (Lipinski definition) is 2. The molecule has 0 aromatic carbocycles. The highest BCUT2D eigenvalue weighted by Gasteiger charge is 2.07. The van der Waals surface area contributed by atoms with Gasteiger partial charge in [-0.2, -0.15) is 0 Å². The van der Waals surface area contributed by atoms with Crippen LogP contribution in [0.4, 0.5) is 0 Å². The number of hydrogen-bond acceptors (Lipinski definition) is 4. The van der Waals surface area contributed by atoms with Crippen LogP contribution >= 0.6 is 0 Å². The van der Waals surface area contributed by atoms with Crippen molar-refractivity contribution in [3.63, 3.8) is 0 Å². The molecule has 0 aliphatic rings. The lowest BCUT2D eigenvalue weighted by Crippen LogP contribution is -2.21. The van der Waals surface area contributed by atoms with Gasteiger partial charge in [-0.05, 0) is 39.0 Å². The zero-order chi connectivity index (χ0) is 19.5. The first-order valence-electron chi connectivity index (χ1n) is 10.7. The average molecular weight is 371 g/mol. The van der Waals surface area contributed by atoms with Gasteiger partial charge in [0.15, 0.2) is 0 Å². The minimum atomic E-state index is -0.962. The molecule has 0 saturated carbocycles. The number of esters is 1. The van der Waals surface area contributed by atoms with Crippen molar-refractivity contribution < 1.29 is 19.7 Å². The smallest absolute Gasteiger partial charge is 0.305 e. The maximum atomic E-state index is 11.4. The van der Waals surface area contributed by atoms with Crippen molar-refractivity contribution in [1.29, 1.82) is 0 Å². The van der Waals surface area contributed by atoms with Crippen LogP contribution in [0.25, 0.3) is 0 Å². The van der Waals surface area contributed by atoms with Crippen molar-refractivity contribution in [2.45, 2.75) is 110 Å². The quantitative estimate of drug-likeness (QED) is 0.195. The first-order chi connectivity index (χ1) is 12.6. The summed E-state index contributed by atoms with van der Waals surface area (Å²) in [6, 6.07) is 0. The largest absolute Gasteiger partial charge is 0.463 e. The number of unbranched alkanes of at least 4 members (excludes halogenated alkanes) is 10. The Hall–Kier alpha value is -0.870. The highest BCUT2D eigenvalue weighted by Crippen LogP contribution is 2.14. The first kappa shape index (κ1) is 25.1. The summed E-state index contributed by atoms with van der Waals surface area (Å²) in [7, 11) is 0. The molecule has 0 amide bonds. The van der Waals surface area contributed by atoms with Crippen LogP contribution in [-0.4, -0.2) is 35.5 Å². The van der Waals surface area contributed by atoms with Gasteiger partial charge in [-0.15, -0.1) is 0 Å². The summed E-state index contributed by atoms with van der Waals surface area (Å²) >= 11 is 0. The second kappa shape index (κ2) is 18.9. The number of ether oxygens (including phenoxy) is 1. The molecule has 1 atom stereocenters. The summed E-state index contributed by atoms with van der Waals surface area (Å²) in [5.74, 6) is -0.286. The van der Waals surface area contributed by atoms with Crippen LogP contribution in [0.1, 0.15) is 104 Å². The van der Waals surface area contributed by atoms with Gasteiger partial charge >= 0.3 is 5.97 Å². The second-order valence-electron chi connectivity index (χ2n) is 7.39. The third kappa shape index (κ3) is 17.9. The van der Waals surface area contributed by atoms with E-state index in [0.717, 1.165) is 19.3 Å². The minimum Gasteiger partial charge on any atom is -0.463 e. The summed E-state index contributed by atoms with van der Waals surface area (Å²) in [6.45, 7) is 4.03. The summed E-state index contributed by atoms with van der Waals surface area (Å²) in [4.78, 5) is 11.4. The van der Waals surface area contributed by atoms with E-state index in [-0.39, 0.29) is 19.2 Å². The van der Waals surface area contributed by atoms with Gasteiger partial charge in [0.05, 0.1) is 6.61 Å². The van der Waals surface area contributed by atoms with Gasteiger partial charge in [-0.25, -0.2) is 0 Å². The molecule has 0 aromatic heterocycles. The SMILES string of the molecule is CCCCCCCC/C(C)=C\CCCCCCCC(=O)OC[C@H](O)CO. The zero-order valence-electron chi connectivity index (χ0n) is 17.2. The van der Waals surface area contributed by atoms with E-state index < -0.39 is 6.10 Å². The fourth-order valence-electron chi connectivity index (χ4n) is 2.89. The van der Waals surface area contributed by atoms with Gasteiger partial charge in [0, 0.05) is 6.42 Å². The topological polar surface area (TPSA) is 66.8 Å². The Kier molecular flexibility index (Phi) is 18.3. The van der Waals surface area contributed by atoms with E-state index >= 15 is 0 Å². The Morgan fingerprint density at radius 1 is 0.923 bits per heavy atom. The van der Waals surface area contributed by atoms with E-state index in [0.29, 0.717) is 6.42 Å². The van der Waals surface area contributed by atoms with E-state index in [2.05, 4.69) is 19.9 Å². The molecule has 0 bridgehead atoms. The number of carbonyl (C=O) groups is 1. The Morgan fingerprint density at radius 3 is 2.15 bits per heavy atom. The van der Waals surface area contributed by atoms with Crippen LogP contribution in [-0.2, 0) is 9.53 Å². The number of rotatable bonds is 18. The third-order valence-electron chi connectivity index (χ3n) is 4.65. The van der Waals surface area contributed by atoms with Crippen molar-refractivity contribution in [3.8, 4) is 0 Å². The predicted molar refractivity (Wildman–Crippen MR) is 108 cm³/mol. The number of allylic oxidation sites excluding steroid dienone is 2. The van der Waals surface area contributed by atoms with E-state index in [1.165, 1.54) is 69.8 Å². The van der Waals surface area contributed by atoms with Gasteiger partial charge in [0.2, 0.25) is 0 Å². The molecule has 0 aromatic rings. The molecule has 154 valence electrons. The lowest BCUT2D eigenvalue weighted by molar-refractivity contribution is -0.147. The Balaban J connectivity index is 3.39. The van der Waals surface area contributed by atoms with Crippen LogP contribution in [0.2, 0.25) is 0 Å². The molecule has 0 aliphatic heterocycles. The fourth-order valence-corrected chi connectivity index (χ4v) is 2.89. The van der Waals surface area contributed by atoms with Crippen molar-refractivity contribution in [2.75, 3.05) is 13.2 Å². The van der Waals surface area contributed by atoms with Gasteiger partial charge in [-0.1, -0.05) is 69.9 Å². The normalized spacial score (nSPS) is 13.0. The standard InChI is InChI=1S/C22H42O4/c1-3-4-5-6-9-12-15-20(2)16-13-10-7-8-11-14-17-22(25)26-19-21(24)18-23/h16,21,23-24H,3-15,17-19H2,1-2H3/b20-16-/t21-/m1/s1. The third-order valence-corrected chi connectivity index (χ3v) is 4.65. The molecule has 0 radical (unpaired) electrons. The Labute approximate surface area is 161 Å². The molecule has 0 spiro atoms. The molecule has 0 fully saturated rings. The van der Waals surface area contributed by atoms with Gasteiger partial charge in [0.1, 0.15) is 12.7 Å². The highest BCUT2D eigenvalue weighted by molar-refractivity contribution is 5.69. The molecular weight excluding hydrogens is 328 g/mol. The van der Waals surface area contributed by atoms with Crippen LogP contribution in [0, 0.1) is 0 Å². The molecule has 0 saturated heterocycles. The number of carbonyl (C=O) groups excluding carboxylic acids is 1. The molecule has 26 heavy (non-hydrogen) atoms. The molecule has 0 heterocycles. The molecule has 0 unspecified atom stereocenters. The van der Waals surface area contributed by atoms with Gasteiger partial charge in [0.25, 0.3) is 0 Å². The highest BCUT2D eigenvalue weighted by atomic mass is 16.5. The lowest BCUT2D eigenvalue weighted by Gasteiger charge is -2.08. The van der Waals surface area contributed by atoms with Gasteiger partial charge < -0.3 is 14.9 Å². The summed E-state index contributed by atoms with van der Waals surface area (Å²) in [5.41, 5.74) is 1.54. The van der Waals surface area contributed by atoms with Crippen molar-refractivity contribution in [3.05, 3.63) is 11.6 Å². The van der Waals surface area contributed by atoms with E-state index in [1.807, 2.05) is 0 Å². The second-order valence-corrected chi connectivity index (χ2v) is 7.39. The predicted octanol–water partition coefficient (Wildman–Crippen LogP) is 5.31. The molecule has 0 rings (SSSR count). The van der Waals surface area contributed by atoms with Crippen molar-refractivity contribution in [1.82, 2.24) is 0 Å². The number of aliphatic hydroxyl groups is 2. The average Bonchev–Trinajstić information content (AvgIpc) is 2.64. The number of aliphatic hydroxyl groups excluding tert-OH is 2. The molecule has 4 heteroatoms. The molecule has 4 nitrogen and oxygen atoms in total. The fraction of sp³-hybridized carbons (Fsp3) is 0.864. The summed E-state index contributed by atoms with van der Waals surface area (Å²) in [6.07, 6.45) is 17.9. The lowest BCUT2D eigenvalue weighted by atomic mass is 10.0.